The van der Waals surface area contributed by atoms with E-state index in [1.54, 1.807) is 77.7 Å². The summed E-state index contributed by atoms with van der Waals surface area (Å²) in [4.78, 5) is 45.5. The lowest BCUT2D eigenvalue weighted by Gasteiger charge is -2.37. The molecule has 7 heteroatoms. The number of hydrogen-bond acceptors (Lipinski definition) is 5. The number of rotatable bonds is 4. The molecule has 2 aliphatic heterocycles. The van der Waals surface area contributed by atoms with E-state index in [0.717, 1.165) is 0 Å². The van der Waals surface area contributed by atoms with E-state index in [1.165, 1.54) is 37.4 Å². The van der Waals surface area contributed by atoms with Crippen LogP contribution in [-0.2, 0) is 0 Å². The fourth-order valence-electron chi connectivity index (χ4n) is 6.97. The van der Waals surface area contributed by atoms with Crippen molar-refractivity contribution >= 4 is 29.1 Å². The number of halogens is 2. The Bertz CT molecular complexity index is 1780. The van der Waals surface area contributed by atoms with Crippen molar-refractivity contribution in [2.75, 3.05) is 12.0 Å². The van der Waals surface area contributed by atoms with Gasteiger partial charge in [-0.15, -0.1) is 0 Å². The first-order valence-corrected chi connectivity index (χ1v) is 13.3. The zero-order chi connectivity index (χ0) is 28.5. The summed E-state index contributed by atoms with van der Waals surface area (Å²) in [5, 5.41) is 0. The van der Waals surface area contributed by atoms with Gasteiger partial charge in [0, 0.05) is 33.9 Å². The molecule has 5 nitrogen and oxygen atoms in total. The number of methoxy groups -OCH3 is 1. The summed E-state index contributed by atoms with van der Waals surface area (Å²) < 4.78 is 35.5. The first-order chi connectivity index (χ1) is 19.9. The lowest BCUT2D eigenvalue weighted by Crippen LogP contribution is -2.48. The number of nitrogens with zero attached hydrogens (tertiary/aromatic N) is 1. The number of fused-ring (bicyclic) bond motifs is 5. The van der Waals surface area contributed by atoms with Crippen molar-refractivity contribution in [3.8, 4) is 5.75 Å². The van der Waals surface area contributed by atoms with Gasteiger partial charge in [-0.2, -0.15) is 0 Å². The van der Waals surface area contributed by atoms with Gasteiger partial charge >= 0.3 is 0 Å². The molecule has 0 radical (unpaired) electrons. The zero-order valence-electron chi connectivity index (χ0n) is 21.9. The average Bonchev–Trinajstić information content (AvgIpc) is 3.43. The highest BCUT2D eigenvalue weighted by molar-refractivity contribution is 6.32. The molecule has 4 aromatic carbocycles. The smallest absolute Gasteiger partial charge is 0.186 e. The van der Waals surface area contributed by atoms with Crippen molar-refractivity contribution in [3.63, 3.8) is 0 Å². The van der Waals surface area contributed by atoms with E-state index in [2.05, 4.69) is 0 Å². The van der Waals surface area contributed by atoms with Crippen molar-refractivity contribution < 1.29 is 27.9 Å². The molecule has 0 saturated carbocycles. The molecule has 1 spiro atoms. The van der Waals surface area contributed by atoms with Crippen LogP contribution in [0.1, 0.15) is 48.1 Å². The minimum atomic E-state index is -1.84. The Balaban J connectivity index is 1.56. The fourth-order valence-corrected chi connectivity index (χ4v) is 6.97. The molecule has 2 heterocycles. The molecule has 0 amide bonds. The van der Waals surface area contributed by atoms with Crippen molar-refractivity contribution in [1.29, 1.82) is 0 Å². The summed E-state index contributed by atoms with van der Waals surface area (Å²) in [7, 11) is 1.49. The monoisotopic (exact) mass is 547 g/mol. The van der Waals surface area contributed by atoms with Crippen LogP contribution in [0.5, 0.6) is 5.75 Å². The van der Waals surface area contributed by atoms with Crippen LogP contribution in [0.25, 0.3) is 6.08 Å². The SMILES string of the molecule is COc1cccc(C(=O)[C@@H]2[C@@H](c3ccccc3F)C3(C(=O)c4ccccc4C3=O)[C@@H]3C=Cc4cc(F)ccc4N23)c1. The molecule has 41 heavy (non-hydrogen) atoms. The maximum atomic E-state index is 15.8. The quantitative estimate of drug-likeness (QED) is 0.222. The molecule has 1 fully saturated rings. The molecule has 3 aliphatic rings. The van der Waals surface area contributed by atoms with Crippen molar-refractivity contribution in [3.05, 3.63) is 137 Å². The number of hydrogen-bond donors (Lipinski definition) is 0. The normalized spacial score (nSPS) is 21.5. The fraction of sp³-hybridized carbons (Fsp3) is 0.147. The Morgan fingerprint density at radius 2 is 1.56 bits per heavy atom. The van der Waals surface area contributed by atoms with Crippen LogP contribution in [0, 0.1) is 17.0 Å². The molecule has 0 aromatic heterocycles. The predicted molar refractivity (Wildman–Crippen MR) is 149 cm³/mol. The Morgan fingerprint density at radius 3 is 2.27 bits per heavy atom. The van der Waals surface area contributed by atoms with Gasteiger partial charge in [0.1, 0.15) is 28.8 Å². The molecule has 0 bridgehead atoms. The minimum Gasteiger partial charge on any atom is -0.497 e. The van der Waals surface area contributed by atoms with Gasteiger partial charge in [0.05, 0.1) is 13.2 Å². The largest absolute Gasteiger partial charge is 0.497 e. The van der Waals surface area contributed by atoms with Crippen LogP contribution >= 0.6 is 0 Å². The third-order valence-electron chi connectivity index (χ3n) is 8.63. The lowest BCUT2D eigenvalue weighted by molar-refractivity contribution is 0.0664. The highest BCUT2D eigenvalue weighted by Crippen LogP contribution is 2.61. The molecule has 0 unspecified atom stereocenters. The summed E-state index contributed by atoms with van der Waals surface area (Å²) in [5.74, 6) is -3.18. The number of carbonyl (C=O) groups is 3. The van der Waals surface area contributed by atoms with Crippen LogP contribution in [0.2, 0.25) is 0 Å². The van der Waals surface area contributed by atoms with Crippen LogP contribution in [-0.4, -0.2) is 36.5 Å². The number of anilines is 1. The van der Waals surface area contributed by atoms with Gasteiger partial charge < -0.3 is 9.64 Å². The topological polar surface area (TPSA) is 63.7 Å². The first-order valence-electron chi connectivity index (χ1n) is 13.3. The molecular formula is C34H23F2NO4. The van der Waals surface area contributed by atoms with Crippen molar-refractivity contribution in [1.82, 2.24) is 0 Å². The number of benzene rings is 4. The summed E-state index contributed by atoms with van der Waals surface area (Å²) >= 11 is 0. The van der Waals surface area contributed by atoms with Crippen molar-refractivity contribution in [2.24, 2.45) is 5.41 Å². The van der Waals surface area contributed by atoms with E-state index < -0.39 is 52.4 Å². The third kappa shape index (κ3) is 3.35. The maximum absolute atomic E-state index is 15.8. The van der Waals surface area contributed by atoms with Gasteiger partial charge in [-0.3, -0.25) is 14.4 Å². The van der Waals surface area contributed by atoms with E-state index in [1.807, 2.05) is 0 Å². The van der Waals surface area contributed by atoms with Crippen LogP contribution in [0.15, 0.2) is 97.1 Å². The zero-order valence-corrected chi connectivity index (χ0v) is 21.9. The van der Waals surface area contributed by atoms with Gasteiger partial charge in [0.25, 0.3) is 0 Å². The Kier molecular flexibility index (Phi) is 5.54. The first kappa shape index (κ1) is 25.1. The highest BCUT2D eigenvalue weighted by Gasteiger charge is 2.71. The number of ketones is 3. The molecule has 4 aromatic rings. The summed E-state index contributed by atoms with van der Waals surface area (Å²) in [6, 6.07) is 21.1. The molecule has 7 rings (SSSR count). The molecular weight excluding hydrogens is 524 g/mol. The lowest BCUT2D eigenvalue weighted by atomic mass is 9.64. The number of carbonyl (C=O) groups excluding carboxylic acids is 3. The minimum absolute atomic E-state index is 0.0923. The second kappa shape index (κ2) is 9.06. The van der Waals surface area contributed by atoms with Crippen LogP contribution in [0.3, 0.4) is 0 Å². The average molecular weight is 548 g/mol. The molecule has 0 N–H and O–H groups in total. The predicted octanol–water partition coefficient (Wildman–Crippen LogP) is 6.29. The van der Waals surface area contributed by atoms with Gasteiger partial charge in [0.15, 0.2) is 17.3 Å². The summed E-state index contributed by atoms with van der Waals surface area (Å²) in [6.07, 6.45) is 3.35. The van der Waals surface area contributed by atoms with E-state index in [0.29, 0.717) is 17.0 Å². The van der Waals surface area contributed by atoms with Crippen LogP contribution < -0.4 is 9.64 Å². The van der Waals surface area contributed by atoms with Crippen LogP contribution in [0.4, 0.5) is 14.5 Å². The van der Waals surface area contributed by atoms with Crippen molar-refractivity contribution in [2.45, 2.75) is 18.0 Å². The maximum Gasteiger partial charge on any atom is 0.186 e. The van der Waals surface area contributed by atoms with E-state index in [-0.39, 0.29) is 22.3 Å². The standard InChI is InChI=1S/C34H23F2NO4/c1-41-22-8-6-7-20(18-22)31(38)30-29(25-11-4-5-12-26(25)36)34(32(39)23-9-2-3-10-24(23)33(34)40)28-16-13-19-17-21(35)14-15-27(19)37(28)30/h2-18,28-30H,1H3/t28-,29+,30-/m0/s1. The number of Topliss-reactive ketones (excluding diaryl/α,β-unsaturated/α-hetero) is 3. The Morgan fingerprint density at radius 1 is 0.854 bits per heavy atom. The number of ether oxygens (including phenoxy) is 1. The van der Waals surface area contributed by atoms with E-state index >= 15 is 4.39 Å². The second-order valence-corrected chi connectivity index (χ2v) is 10.5. The highest BCUT2D eigenvalue weighted by atomic mass is 19.1. The van der Waals surface area contributed by atoms with Gasteiger partial charge in [0.2, 0.25) is 0 Å². The molecule has 1 saturated heterocycles. The second-order valence-electron chi connectivity index (χ2n) is 10.5. The summed E-state index contributed by atoms with van der Waals surface area (Å²) in [6.45, 7) is 0. The van der Waals surface area contributed by atoms with Gasteiger partial charge in [-0.25, -0.2) is 8.78 Å². The third-order valence-corrected chi connectivity index (χ3v) is 8.63. The van der Waals surface area contributed by atoms with Gasteiger partial charge in [-0.05, 0) is 42.0 Å². The summed E-state index contributed by atoms with van der Waals surface area (Å²) in [5.41, 5.74) is -0.0134. The van der Waals surface area contributed by atoms with E-state index in [9.17, 15) is 18.8 Å². The molecule has 202 valence electrons. The Hall–Kier alpha value is -4.91. The van der Waals surface area contributed by atoms with Gasteiger partial charge in [-0.1, -0.05) is 66.7 Å². The van der Waals surface area contributed by atoms with E-state index in [4.69, 9.17) is 4.74 Å². The molecule has 1 aliphatic carbocycles. The Labute approximate surface area is 234 Å². The molecule has 3 atom stereocenters.